The van der Waals surface area contributed by atoms with Crippen LogP contribution in [0.3, 0.4) is 0 Å². The topological polar surface area (TPSA) is 29.5 Å². The summed E-state index contributed by atoms with van der Waals surface area (Å²) in [5.74, 6) is 1.36. The number of halogens is 1. The van der Waals surface area contributed by atoms with E-state index in [9.17, 15) is 5.11 Å². The third kappa shape index (κ3) is 4.35. The van der Waals surface area contributed by atoms with Crippen molar-refractivity contribution in [3.05, 3.63) is 41.4 Å². The maximum Gasteiger partial charge on any atom is 0.120 e. The minimum atomic E-state index is -0.0950. The number of hydrogen-bond acceptors (Lipinski definition) is 2. The Labute approximate surface area is 113 Å². The van der Waals surface area contributed by atoms with Crippen LogP contribution in [0, 0.1) is 5.92 Å². The van der Waals surface area contributed by atoms with Crippen LogP contribution in [0.4, 0.5) is 0 Å². The Hall–Kier alpha value is -0.990. The van der Waals surface area contributed by atoms with E-state index in [0.717, 1.165) is 31.4 Å². The molecule has 1 aliphatic rings. The van der Waals surface area contributed by atoms with Gasteiger partial charge in [0, 0.05) is 5.02 Å². The van der Waals surface area contributed by atoms with Gasteiger partial charge in [-0.1, -0.05) is 29.8 Å². The van der Waals surface area contributed by atoms with Crippen molar-refractivity contribution in [3.8, 4) is 5.75 Å². The quantitative estimate of drug-likeness (QED) is 0.648. The van der Waals surface area contributed by atoms with Crippen LogP contribution in [0.15, 0.2) is 36.4 Å². The zero-order chi connectivity index (χ0) is 12.8. The Balaban J connectivity index is 1.65. The Morgan fingerprint density at radius 3 is 3.00 bits per heavy atom. The van der Waals surface area contributed by atoms with E-state index in [1.54, 1.807) is 0 Å². The number of aliphatic hydroxyl groups excluding tert-OH is 1. The van der Waals surface area contributed by atoms with Crippen LogP contribution >= 0.6 is 11.6 Å². The second kappa shape index (κ2) is 6.81. The van der Waals surface area contributed by atoms with Gasteiger partial charge in [0.25, 0.3) is 0 Å². The van der Waals surface area contributed by atoms with Gasteiger partial charge >= 0.3 is 0 Å². The summed E-state index contributed by atoms with van der Waals surface area (Å²) in [5, 5.41) is 10.1. The predicted molar refractivity (Wildman–Crippen MR) is 74.1 cm³/mol. The van der Waals surface area contributed by atoms with Gasteiger partial charge in [0.1, 0.15) is 5.75 Å². The summed E-state index contributed by atoms with van der Waals surface area (Å²) < 4.78 is 5.59. The SMILES string of the molecule is O[C@H]1CCC(/C=C/CCOc2cccc(Cl)c2)C1. The van der Waals surface area contributed by atoms with Crippen molar-refractivity contribution >= 4 is 11.6 Å². The van der Waals surface area contributed by atoms with Crippen LogP contribution in [-0.2, 0) is 0 Å². The number of rotatable bonds is 5. The Bertz CT molecular complexity index is 403. The lowest BCUT2D eigenvalue weighted by molar-refractivity contribution is 0.180. The molecule has 0 amide bonds. The molecule has 3 heteroatoms. The molecule has 2 nitrogen and oxygen atoms in total. The molecule has 0 radical (unpaired) electrons. The normalized spacial score (nSPS) is 23.7. The van der Waals surface area contributed by atoms with Gasteiger partial charge in [0.05, 0.1) is 12.7 Å². The van der Waals surface area contributed by atoms with Gasteiger partial charge in [0.2, 0.25) is 0 Å². The number of hydrogen-bond donors (Lipinski definition) is 1. The molecule has 1 aromatic rings. The first-order valence-electron chi connectivity index (χ1n) is 6.47. The van der Waals surface area contributed by atoms with Crippen LogP contribution in [0.1, 0.15) is 25.7 Å². The average Bonchev–Trinajstić information content (AvgIpc) is 2.75. The van der Waals surface area contributed by atoms with Gasteiger partial charge in [-0.3, -0.25) is 0 Å². The van der Waals surface area contributed by atoms with Gasteiger partial charge in [-0.15, -0.1) is 0 Å². The number of allylic oxidation sites excluding steroid dienone is 1. The molecule has 2 atom stereocenters. The Kier molecular flexibility index (Phi) is 5.09. The lowest BCUT2D eigenvalue weighted by Crippen LogP contribution is -1.98. The van der Waals surface area contributed by atoms with Crippen molar-refractivity contribution in [1.29, 1.82) is 0 Å². The molecule has 0 saturated heterocycles. The molecule has 0 bridgehead atoms. The maximum atomic E-state index is 9.41. The molecular formula is C15H19ClO2. The van der Waals surface area contributed by atoms with Crippen molar-refractivity contribution in [1.82, 2.24) is 0 Å². The molecule has 98 valence electrons. The molecular weight excluding hydrogens is 248 g/mol. The molecule has 0 aromatic heterocycles. The first-order valence-corrected chi connectivity index (χ1v) is 6.85. The third-order valence-electron chi connectivity index (χ3n) is 3.20. The van der Waals surface area contributed by atoms with Crippen molar-refractivity contribution < 1.29 is 9.84 Å². The molecule has 1 unspecified atom stereocenters. The van der Waals surface area contributed by atoms with Gasteiger partial charge in [-0.2, -0.15) is 0 Å². The number of ether oxygens (including phenoxy) is 1. The summed E-state index contributed by atoms with van der Waals surface area (Å²) in [7, 11) is 0. The third-order valence-corrected chi connectivity index (χ3v) is 3.44. The van der Waals surface area contributed by atoms with E-state index in [2.05, 4.69) is 12.2 Å². The van der Waals surface area contributed by atoms with Crippen LogP contribution in [-0.4, -0.2) is 17.8 Å². The predicted octanol–water partition coefficient (Wildman–Crippen LogP) is 3.83. The molecule has 1 aliphatic carbocycles. The first kappa shape index (κ1) is 13.4. The second-order valence-corrected chi connectivity index (χ2v) is 5.19. The van der Waals surface area contributed by atoms with E-state index in [0.29, 0.717) is 17.5 Å². The number of aliphatic hydroxyl groups is 1. The molecule has 1 N–H and O–H groups in total. The highest BCUT2D eigenvalue weighted by Crippen LogP contribution is 2.26. The molecule has 2 rings (SSSR count). The van der Waals surface area contributed by atoms with Gasteiger partial charge in [-0.05, 0) is 49.8 Å². The highest BCUT2D eigenvalue weighted by Gasteiger charge is 2.19. The van der Waals surface area contributed by atoms with E-state index in [4.69, 9.17) is 16.3 Å². The largest absolute Gasteiger partial charge is 0.493 e. The highest BCUT2D eigenvalue weighted by molar-refractivity contribution is 6.30. The molecule has 1 aromatic carbocycles. The van der Waals surface area contributed by atoms with Gasteiger partial charge in [-0.25, -0.2) is 0 Å². The smallest absolute Gasteiger partial charge is 0.120 e. The molecule has 1 fully saturated rings. The highest BCUT2D eigenvalue weighted by atomic mass is 35.5. The fourth-order valence-corrected chi connectivity index (χ4v) is 2.44. The van der Waals surface area contributed by atoms with Crippen molar-refractivity contribution in [2.75, 3.05) is 6.61 Å². The summed E-state index contributed by atoms with van der Waals surface area (Å²) in [6.07, 6.45) is 8.10. The van der Waals surface area contributed by atoms with Gasteiger partial charge < -0.3 is 9.84 Å². The summed E-state index contributed by atoms with van der Waals surface area (Å²) in [6, 6.07) is 7.44. The first-order chi connectivity index (χ1) is 8.74. The van der Waals surface area contributed by atoms with Crippen LogP contribution in [0.2, 0.25) is 5.02 Å². The Morgan fingerprint density at radius 1 is 1.39 bits per heavy atom. The lowest BCUT2D eigenvalue weighted by atomic mass is 10.1. The van der Waals surface area contributed by atoms with E-state index in [-0.39, 0.29) is 6.10 Å². The van der Waals surface area contributed by atoms with E-state index in [1.807, 2.05) is 24.3 Å². The summed E-state index contributed by atoms with van der Waals surface area (Å²) in [5.41, 5.74) is 0. The van der Waals surface area contributed by atoms with E-state index < -0.39 is 0 Å². The fourth-order valence-electron chi connectivity index (χ4n) is 2.26. The molecule has 0 heterocycles. The molecule has 1 saturated carbocycles. The summed E-state index contributed by atoms with van der Waals surface area (Å²) in [4.78, 5) is 0. The summed E-state index contributed by atoms with van der Waals surface area (Å²) >= 11 is 5.87. The standard InChI is InChI=1S/C15H19ClO2/c16-13-5-3-6-15(11-13)18-9-2-1-4-12-7-8-14(17)10-12/h1,3-6,11-12,14,17H,2,7-10H2/b4-1+/t12?,14-/m0/s1. The summed E-state index contributed by atoms with van der Waals surface area (Å²) in [6.45, 7) is 0.659. The fraction of sp³-hybridized carbons (Fsp3) is 0.467. The van der Waals surface area contributed by atoms with Crippen LogP contribution in [0.5, 0.6) is 5.75 Å². The van der Waals surface area contributed by atoms with Gasteiger partial charge in [0.15, 0.2) is 0 Å². The van der Waals surface area contributed by atoms with Crippen molar-refractivity contribution in [2.45, 2.75) is 31.8 Å². The zero-order valence-electron chi connectivity index (χ0n) is 10.4. The van der Waals surface area contributed by atoms with Crippen molar-refractivity contribution in [2.24, 2.45) is 5.92 Å². The molecule has 0 spiro atoms. The lowest BCUT2D eigenvalue weighted by Gasteiger charge is -2.05. The minimum absolute atomic E-state index is 0.0950. The number of benzene rings is 1. The molecule has 0 aliphatic heterocycles. The Morgan fingerprint density at radius 2 is 2.28 bits per heavy atom. The maximum absolute atomic E-state index is 9.41. The second-order valence-electron chi connectivity index (χ2n) is 4.75. The van der Waals surface area contributed by atoms with Crippen LogP contribution in [0.25, 0.3) is 0 Å². The van der Waals surface area contributed by atoms with E-state index in [1.165, 1.54) is 0 Å². The zero-order valence-corrected chi connectivity index (χ0v) is 11.1. The molecule has 18 heavy (non-hydrogen) atoms. The van der Waals surface area contributed by atoms with E-state index >= 15 is 0 Å². The van der Waals surface area contributed by atoms with Crippen molar-refractivity contribution in [3.63, 3.8) is 0 Å². The monoisotopic (exact) mass is 266 g/mol. The minimum Gasteiger partial charge on any atom is -0.493 e. The van der Waals surface area contributed by atoms with Crippen LogP contribution < -0.4 is 4.74 Å². The average molecular weight is 267 g/mol.